The molecule has 0 fully saturated rings. The van der Waals surface area contributed by atoms with Crippen molar-refractivity contribution in [1.82, 2.24) is 9.29 Å². The fourth-order valence-corrected chi connectivity index (χ4v) is 6.90. The molecular formula is C30H26ClN3O3S2. The van der Waals surface area contributed by atoms with Gasteiger partial charge >= 0.3 is 0 Å². The number of halogens is 1. The molecule has 0 aliphatic heterocycles. The number of anilines is 1. The van der Waals surface area contributed by atoms with Crippen molar-refractivity contribution < 1.29 is 13.2 Å². The van der Waals surface area contributed by atoms with Crippen LogP contribution in [0.2, 0.25) is 5.02 Å². The standard InChI is InChI=1S/C30H26ClN3O3S2/c1-2-33(20-22-9-5-3-6-10-22)39(36,37)26-16-13-24(14-17-26)29(35)34(21-23-11-7-4-8-12-23)30-32-27-18-15-25(31)19-28(27)38-30/h3-19H,2,20-21H2,1H3. The van der Waals surface area contributed by atoms with E-state index in [2.05, 4.69) is 0 Å². The lowest BCUT2D eigenvalue weighted by Gasteiger charge is -2.22. The highest BCUT2D eigenvalue weighted by Gasteiger charge is 2.26. The van der Waals surface area contributed by atoms with Crippen LogP contribution in [0.3, 0.4) is 0 Å². The normalized spacial score (nSPS) is 11.7. The van der Waals surface area contributed by atoms with Crippen molar-refractivity contribution in [2.24, 2.45) is 0 Å². The highest BCUT2D eigenvalue weighted by Crippen LogP contribution is 2.32. The number of hydrogen-bond donors (Lipinski definition) is 0. The first-order chi connectivity index (χ1) is 18.8. The van der Waals surface area contributed by atoms with E-state index in [0.717, 1.165) is 21.3 Å². The van der Waals surface area contributed by atoms with E-state index in [1.165, 1.54) is 27.8 Å². The maximum absolute atomic E-state index is 13.8. The van der Waals surface area contributed by atoms with Crippen molar-refractivity contribution in [3.05, 3.63) is 125 Å². The van der Waals surface area contributed by atoms with E-state index >= 15 is 0 Å². The molecule has 39 heavy (non-hydrogen) atoms. The number of nitrogens with zero attached hydrogens (tertiary/aromatic N) is 3. The van der Waals surface area contributed by atoms with Gasteiger partial charge in [0.25, 0.3) is 5.91 Å². The molecule has 0 atom stereocenters. The zero-order valence-corrected chi connectivity index (χ0v) is 23.6. The summed E-state index contributed by atoms with van der Waals surface area (Å²) in [4.78, 5) is 20.2. The Bertz CT molecular complexity index is 1690. The molecule has 0 aliphatic carbocycles. The Morgan fingerprint density at radius 3 is 2.08 bits per heavy atom. The number of hydrogen-bond acceptors (Lipinski definition) is 5. The predicted octanol–water partition coefficient (Wildman–Crippen LogP) is 7.01. The first-order valence-electron chi connectivity index (χ1n) is 12.4. The first kappa shape index (κ1) is 27.0. The Balaban J connectivity index is 1.44. The Labute approximate surface area is 237 Å². The van der Waals surface area contributed by atoms with Crippen molar-refractivity contribution in [3.63, 3.8) is 0 Å². The van der Waals surface area contributed by atoms with Gasteiger partial charge in [0.1, 0.15) is 0 Å². The van der Waals surface area contributed by atoms with E-state index in [1.54, 1.807) is 23.1 Å². The number of sulfonamides is 1. The van der Waals surface area contributed by atoms with Crippen LogP contribution in [-0.4, -0.2) is 30.2 Å². The molecule has 0 aliphatic rings. The number of rotatable bonds is 9. The van der Waals surface area contributed by atoms with Gasteiger partial charge in [0.2, 0.25) is 10.0 Å². The van der Waals surface area contributed by atoms with E-state index in [4.69, 9.17) is 16.6 Å². The van der Waals surface area contributed by atoms with Crippen LogP contribution in [0.4, 0.5) is 5.13 Å². The lowest BCUT2D eigenvalue weighted by molar-refractivity contribution is 0.0985. The summed E-state index contributed by atoms with van der Waals surface area (Å²) in [5.74, 6) is -0.274. The maximum Gasteiger partial charge on any atom is 0.260 e. The molecule has 6 nitrogen and oxygen atoms in total. The van der Waals surface area contributed by atoms with Crippen molar-refractivity contribution in [3.8, 4) is 0 Å². The fraction of sp³-hybridized carbons (Fsp3) is 0.133. The van der Waals surface area contributed by atoms with Crippen LogP contribution >= 0.6 is 22.9 Å². The van der Waals surface area contributed by atoms with Crippen molar-refractivity contribution in [2.75, 3.05) is 11.4 Å². The van der Waals surface area contributed by atoms with E-state index in [1.807, 2.05) is 79.7 Å². The molecule has 0 N–H and O–H groups in total. The molecule has 0 unspecified atom stereocenters. The predicted molar refractivity (Wildman–Crippen MR) is 158 cm³/mol. The maximum atomic E-state index is 13.8. The molecular weight excluding hydrogens is 550 g/mol. The molecule has 5 rings (SSSR count). The van der Waals surface area contributed by atoms with E-state index in [-0.39, 0.29) is 17.3 Å². The zero-order chi connectivity index (χ0) is 27.4. The average molecular weight is 576 g/mol. The van der Waals surface area contributed by atoms with Gasteiger partial charge in [-0.2, -0.15) is 4.31 Å². The summed E-state index contributed by atoms with van der Waals surface area (Å²) >= 11 is 7.56. The SMILES string of the molecule is CCN(Cc1ccccc1)S(=O)(=O)c1ccc(C(=O)N(Cc2ccccc2)c2nc3ccc(Cl)cc3s2)cc1. The Kier molecular flexibility index (Phi) is 8.09. The fourth-order valence-electron chi connectivity index (χ4n) is 4.22. The third-order valence-corrected chi connectivity index (χ3v) is 9.50. The number of fused-ring (bicyclic) bond motifs is 1. The smallest absolute Gasteiger partial charge is 0.260 e. The molecule has 1 amide bonds. The minimum atomic E-state index is -3.75. The summed E-state index contributed by atoms with van der Waals surface area (Å²) in [6.45, 7) is 2.72. The van der Waals surface area contributed by atoms with Crippen LogP contribution in [-0.2, 0) is 23.1 Å². The summed E-state index contributed by atoms with van der Waals surface area (Å²) in [6.07, 6.45) is 0. The Morgan fingerprint density at radius 2 is 1.46 bits per heavy atom. The van der Waals surface area contributed by atoms with Crippen molar-refractivity contribution in [1.29, 1.82) is 0 Å². The molecule has 1 aromatic heterocycles. The molecule has 0 spiro atoms. The Hall–Kier alpha value is -3.56. The molecule has 9 heteroatoms. The minimum absolute atomic E-state index is 0.140. The lowest BCUT2D eigenvalue weighted by Crippen LogP contribution is -2.31. The molecule has 1 heterocycles. The zero-order valence-electron chi connectivity index (χ0n) is 21.2. The van der Waals surface area contributed by atoms with E-state index in [9.17, 15) is 13.2 Å². The first-order valence-corrected chi connectivity index (χ1v) is 15.0. The second-order valence-electron chi connectivity index (χ2n) is 8.93. The quantitative estimate of drug-likeness (QED) is 0.190. The molecule has 0 saturated heterocycles. The highest BCUT2D eigenvalue weighted by molar-refractivity contribution is 7.89. The summed E-state index contributed by atoms with van der Waals surface area (Å²) in [7, 11) is -3.75. The second-order valence-corrected chi connectivity index (χ2v) is 12.3. The number of carbonyl (C=O) groups excluding carboxylic acids is 1. The number of amides is 1. The highest BCUT2D eigenvalue weighted by atomic mass is 35.5. The van der Waals surface area contributed by atoms with Crippen LogP contribution in [0.25, 0.3) is 10.2 Å². The van der Waals surface area contributed by atoms with Crippen LogP contribution < -0.4 is 4.90 Å². The molecule has 0 radical (unpaired) electrons. The average Bonchev–Trinajstić information content (AvgIpc) is 3.38. The summed E-state index contributed by atoms with van der Waals surface area (Å²) in [5.41, 5.74) is 2.98. The molecule has 0 saturated carbocycles. The molecule has 5 aromatic rings. The largest absolute Gasteiger partial charge is 0.279 e. The van der Waals surface area contributed by atoms with Gasteiger partial charge in [-0.1, -0.05) is 90.5 Å². The van der Waals surface area contributed by atoms with Crippen molar-refractivity contribution >= 4 is 54.2 Å². The van der Waals surface area contributed by atoms with Crippen LogP contribution in [0.5, 0.6) is 0 Å². The topological polar surface area (TPSA) is 70.6 Å². The summed E-state index contributed by atoms with van der Waals surface area (Å²) in [5, 5.41) is 1.14. The number of thiazole rings is 1. The van der Waals surface area contributed by atoms with Gasteiger partial charge in [-0.3, -0.25) is 9.69 Å². The third-order valence-electron chi connectivity index (χ3n) is 6.29. The summed E-state index contributed by atoms with van der Waals surface area (Å²) in [6, 6.07) is 30.7. The van der Waals surface area contributed by atoms with Gasteiger partial charge in [0.05, 0.1) is 21.7 Å². The summed E-state index contributed by atoms with van der Waals surface area (Å²) < 4.78 is 29.1. The monoisotopic (exact) mass is 575 g/mol. The van der Waals surface area contributed by atoms with Crippen LogP contribution in [0.15, 0.2) is 108 Å². The molecule has 0 bridgehead atoms. The minimum Gasteiger partial charge on any atom is -0.279 e. The lowest BCUT2D eigenvalue weighted by atomic mass is 10.1. The third kappa shape index (κ3) is 6.04. The van der Waals surface area contributed by atoms with E-state index < -0.39 is 10.0 Å². The van der Waals surface area contributed by atoms with Gasteiger partial charge < -0.3 is 0 Å². The van der Waals surface area contributed by atoms with E-state index in [0.29, 0.717) is 28.8 Å². The Morgan fingerprint density at radius 1 is 0.846 bits per heavy atom. The van der Waals surface area contributed by atoms with Crippen LogP contribution in [0, 0.1) is 0 Å². The van der Waals surface area contributed by atoms with Gasteiger partial charge in [0, 0.05) is 23.7 Å². The van der Waals surface area contributed by atoms with Gasteiger partial charge in [-0.25, -0.2) is 13.4 Å². The number of carbonyl (C=O) groups is 1. The molecule has 198 valence electrons. The number of aromatic nitrogens is 1. The molecule has 4 aromatic carbocycles. The second kappa shape index (κ2) is 11.7. The van der Waals surface area contributed by atoms with Crippen molar-refractivity contribution in [2.45, 2.75) is 24.9 Å². The van der Waals surface area contributed by atoms with Gasteiger partial charge in [-0.05, 0) is 53.6 Å². The van der Waals surface area contributed by atoms with Gasteiger partial charge in [-0.15, -0.1) is 0 Å². The number of benzene rings is 4. The van der Waals surface area contributed by atoms with Crippen LogP contribution in [0.1, 0.15) is 28.4 Å². The van der Waals surface area contributed by atoms with Gasteiger partial charge in [0.15, 0.2) is 5.13 Å².